The molecule has 0 bridgehead atoms. The molecule has 1 aromatic carbocycles. The van der Waals surface area contributed by atoms with E-state index in [0.717, 1.165) is 0 Å². The number of nitrogens with one attached hydrogen (secondary N) is 3. The maximum absolute atomic E-state index is 13.9. The molecule has 2 aromatic rings. The van der Waals surface area contributed by atoms with Crippen LogP contribution in [0.15, 0.2) is 42.6 Å². The highest BCUT2D eigenvalue weighted by atomic mass is 19.1. The van der Waals surface area contributed by atoms with E-state index in [1.54, 1.807) is 36.5 Å². The van der Waals surface area contributed by atoms with Crippen LogP contribution in [0, 0.1) is 17.1 Å². The SMILES string of the molecule is CC(C)(CNC(=O)NCCNc1ncccc1C#N)c1ccccc1F. The minimum absolute atomic E-state index is 0.285. The van der Waals surface area contributed by atoms with Crippen LogP contribution >= 0.6 is 0 Å². The van der Waals surface area contributed by atoms with Gasteiger partial charge in [0.2, 0.25) is 0 Å². The van der Waals surface area contributed by atoms with Crippen LogP contribution in [-0.4, -0.2) is 30.6 Å². The molecular weight excluding hydrogens is 333 g/mol. The van der Waals surface area contributed by atoms with E-state index in [4.69, 9.17) is 5.26 Å². The summed E-state index contributed by atoms with van der Waals surface area (Å²) in [7, 11) is 0. The highest BCUT2D eigenvalue weighted by molar-refractivity contribution is 5.74. The molecule has 0 spiro atoms. The molecule has 0 aliphatic heterocycles. The number of nitriles is 1. The number of carbonyl (C=O) groups is 1. The molecule has 1 aromatic heterocycles. The highest BCUT2D eigenvalue weighted by Gasteiger charge is 2.24. The van der Waals surface area contributed by atoms with Gasteiger partial charge in [0.05, 0.1) is 5.56 Å². The van der Waals surface area contributed by atoms with E-state index >= 15 is 0 Å². The summed E-state index contributed by atoms with van der Waals surface area (Å²) in [6.45, 7) is 4.82. The molecule has 0 aliphatic rings. The van der Waals surface area contributed by atoms with Gasteiger partial charge >= 0.3 is 6.03 Å². The molecule has 0 atom stereocenters. The Bertz CT molecular complexity index is 801. The number of hydrogen-bond acceptors (Lipinski definition) is 4. The van der Waals surface area contributed by atoms with Crippen LogP contribution in [-0.2, 0) is 5.41 Å². The number of anilines is 1. The number of pyridine rings is 1. The molecule has 0 radical (unpaired) electrons. The molecule has 6 nitrogen and oxygen atoms in total. The third-order valence-corrected chi connectivity index (χ3v) is 3.93. The summed E-state index contributed by atoms with van der Waals surface area (Å²) in [5.74, 6) is 0.200. The predicted octanol–water partition coefficient (Wildman–Crippen LogP) is 2.78. The number of urea groups is 1. The molecule has 136 valence electrons. The molecule has 0 fully saturated rings. The van der Waals surface area contributed by atoms with E-state index in [9.17, 15) is 9.18 Å². The Labute approximate surface area is 152 Å². The number of carbonyl (C=O) groups excluding carboxylic acids is 1. The molecule has 2 rings (SSSR count). The Balaban J connectivity index is 1.75. The standard InChI is InChI=1S/C19H22FN5O/c1-19(2,15-7-3-4-8-16(15)20)13-25-18(26)24-11-10-23-17-14(12-21)6-5-9-22-17/h3-9H,10-11,13H2,1-2H3,(H,22,23)(H2,24,25,26). The van der Waals surface area contributed by atoms with Crippen molar-refractivity contribution in [2.24, 2.45) is 0 Å². The van der Waals surface area contributed by atoms with Gasteiger partial charge in [0.1, 0.15) is 17.7 Å². The summed E-state index contributed by atoms with van der Waals surface area (Å²) in [5.41, 5.74) is 0.473. The third-order valence-electron chi connectivity index (χ3n) is 3.93. The molecule has 2 amide bonds. The van der Waals surface area contributed by atoms with E-state index < -0.39 is 5.41 Å². The quantitative estimate of drug-likeness (QED) is 0.666. The summed E-state index contributed by atoms with van der Waals surface area (Å²) < 4.78 is 13.9. The monoisotopic (exact) mass is 355 g/mol. The maximum atomic E-state index is 13.9. The van der Waals surface area contributed by atoms with Gasteiger partial charge in [-0.1, -0.05) is 32.0 Å². The number of nitrogens with zero attached hydrogens (tertiary/aromatic N) is 2. The van der Waals surface area contributed by atoms with Gasteiger partial charge < -0.3 is 16.0 Å². The van der Waals surface area contributed by atoms with Gasteiger partial charge in [0.25, 0.3) is 0 Å². The van der Waals surface area contributed by atoms with Gasteiger partial charge in [-0.25, -0.2) is 14.2 Å². The Morgan fingerprint density at radius 1 is 1.19 bits per heavy atom. The average molecular weight is 355 g/mol. The lowest BCUT2D eigenvalue weighted by atomic mass is 9.84. The lowest BCUT2D eigenvalue weighted by molar-refractivity contribution is 0.238. The first kappa shape index (κ1) is 19.2. The average Bonchev–Trinajstić information content (AvgIpc) is 2.64. The van der Waals surface area contributed by atoms with Crippen LogP contribution < -0.4 is 16.0 Å². The minimum atomic E-state index is -0.531. The Morgan fingerprint density at radius 3 is 2.69 bits per heavy atom. The fourth-order valence-electron chi connectivity index (χ4n) is 2.46. The van der Waals surface area contributed by atoms with Crippen molar-refractivity contribution in [2.45, 2.75) is 19.3 Å². The Kier molecular flexibility index (Phi) is 6.50. The van der Waals surface area contributed by atoms with Crippen molar-refractivity contribution in [3.05, 3.63) is 59.5 Å². The second-order valence-electron chi connectivity index (χ2n) is 6.41. The van der Waals surface area contributed by atoms with Crippen molar-refractivity contribution in [3.8, 4) is 6.07 Å². The van der Waals surface area contributed by atoms with Crippen LogP contribution in [0.2, 0.25) is 0 Å². The van der Waals surface area contributed by atoms with Crippen LogP contribution in [0.25, 0.3) is 0 Å². The van der Waals surface area contributed by atoms with Crippen LogP contribution in [0.5, 0.6) is 0 Å². The van der Waals surface area contributed by atoms with Gasteiger partial charge in [-0.3, -0.25) is 0 Å². The molecule has 0 unspecified atom stereocenters. The first-order valence-electron chi connectivity index (χ1n) is 8.30. The van der Waals surface area contributed by atoms with Crippen LogP contribution in [0.4, 0.5) is 15.0 Å². The second-order valence-corrected chi connectivity index (χ2v) is 6.41. The van der Waals surface area contributed by atoms with Crippen LogP contribution in [0.3, 0.4) is 0 Å². The highest BCUT2D eigenvalue weighted by Crippen LogP contribution is 2.24. The van der Waals surface area contributed by atoms with Crippen LogP contribution in [0.1, 0.15) is 25.0 Å². The Hall–Kier alpha value is -3.14. The molecule has 0 aliphatic carbocycles. The molecule has 7 heteroatoms. The number of benzene rings is 1. The molecule has 0 saturated heterocycles. The predicted molar refractivity (Wildman–Crippen MR) is 98.3 cm³/mol. The number of halogens is 1. The van der Waals surface area contributed by atoms with Crippen molar-refractivity contribution < 1.29 is 9.18 Å². The second kappa shape index (κ2) is 8.81. The number of hydrogen-bond donors (Lipinski definition) is 3. The van der Waals surface area contributed by atoms with Gasteiger partial charge in [-0.2, -0.15) is 5.26 Å². The zero-order valence-electron chi connectivity index (χ0n) is 14.8. The van der Waals surface area contributed by atoms with E-state index in [0.29, 0.717) is 36.6 Å². The first-order chi connectivity index (χ1) is 12.4. The molecule has 26 heavy (non-hydrogen) atoms. The van der Waals surface area contributed by atoms with E-state index in [-0.39, 0.29) is 11.8 Å². The fourth-order valence-corrected chi connectivity index (χ4v) is 2.46. The smallest absolute Gasteiger partial charge is 0.314 e. The minimum Gasteiger partial charge on any atom is -0.367 e. The van der Waals surface area contributed by atoms with Crippen molar-refractivity contribution in [1.29, 1.82) is 5.26 Å². The lowest BCUT2D eigenvalue weighted by Gasteiger charge is -2.26. The first-order valence-corrected chi connectivity index (χ1v) is 8.30. The summed E-state index contributed by atoms with van der Waals surface area (Å²) in [4.78, 5) is 16.0. The van der Waals surface area contributed by atoms with Gasteiger partial charge in [-0.15, -0.1) is 0 Å². The topological polar surface area (TPSA) is 89.8 Å². The van der Waals surface area contributed by atoms with Gasteiger partial charge in [0.15, 0.2) is 0 Å². The number of amides is 2. The van der Waals surface area contributed by atoms with E-state index in [1.807, 2.05) is 19.9 Å². The van der Waals surface area contributed by atoms with E-state index in [2.05, 4.69) is 20.9 Å². The van der Waals surface area contributed by atoms with Gasteiger partial charge in [-0.05, 0) is 23.8 Å². The molecular formula is C19H22FN5O. The zero-order valence-corrected chi connectivity index (χ0v) is 14.8. The van der Waals surface area contributed by atoms with Crippen molar-refractivity contribution in [1.82, 2.24) is 15.6 Å². The largest absolute Gasteiger partial charge is 0.367 e. The summed E-state index contributed by atoms with van der Waals surface area (Å²) in [6, 6.07) is 11.6. The molecule has 0 saturated carbocycles. The number of rotatable bonds is 7. The van der Waals surface area contributed by atoms with Gasteiger partial charge in [0, 0.05) is 31.2 Å². The summed E-state index contributed by atoms with van der Waals surface area (Å²) in [5, 5.41) is 17.5. The van der Waals surface area contributed by atoms with Crippen molar-refractivity contribution in [2.75, 3.05) is 25.0 Å². The molecule has 3 N–H and O–H groups in total. The van der Waals surface area contributed by atoms with Crippen molar-refractivity contribution >= 4 is 11.8 Å². The number of aromatic nitrogens is 1. The third kappa shape index (κ3) is 5.18. The zero-order chi connectivity index (χ0) is 19.0. The Morgan fingerprint density at radius 2 is 1.96 bits per heavy atom. The maximum Gasteiger partial charge on any atom is 0.314 e. The fraction of sp³-hybridized carbons (Fsp3) is 0.316. The van der Waals surface area contributed by atoms with E-state index in [1.165, 1.54) is 6.07 Å². The van der Waals surface area contributed by atoms with Crippen molar-refractivity contribution in [3.63, 3.8) is 0 Å². The summed E-state index contributed by atoms with van der Waals surface area (Å²) in [6.07, 6.45) is 1.59. The lowest BCUT2D eigenvalue weighted by Crippen LogP contribution is -2.43. The summed E-state index contributed by atoms with van der Waals surface area (Å²) >= 11 is 0. The molecule has 1 heterocycles. The normalized spacial score (nSPS) is 10.7.